The summed E-state index contributed by atoms with van der Waals surface area (Å²) in [6.45, 7) is 4.34. The Labute approximate surface area is 73.6 Å². The zero-order valence-corrected chi connectivity index (χ0v) is 7.75. The lowest BCUT2D eigenvalue weighted by molar-refractivity contribution is 0.155. The van der Waals surface area contributed by atoms with Crippen molar-refractivity contribution in [3.63, 3.8) is 0 Å². The normalized spacial score (nSPS) is 13.7. The fourth-order valence-corrected chi connectivity index (χ4v) is 1.20. The van der Waals surface area contributed by atoms with Gasteiger partial charge >= 0.3 is 0 Å². The van der Waals surface area contributed by atoms with Crippen molar-refractivity contribution in [3.8, 4) is 0 Å². The van der Waals surface area contributed by atoms with Crippen LogP contribution in [0.2, 0.25) is 0 Å². The number of hydrogen-bond acceptors (Lipinski definition) is 1. The summed E-state index contributed by atoms with van der Waals surface area (Å²) in [6, 6.07) is 3.83. The number of H-pyrrole nitrogens is 1. The van der Waals surface area contributed by atoms with Gasteiger partial charge in [-0.25, -0.2) is 0 Å². The average Bonchev–Trinajstić information content (AvgIpc) is 2.51. The Morgan fingerprint density at radius 2 is 2.17 bits per heavy atom. The smallest absolute Gasteiger partial charge is 0.0937 e. The predicted octanol–water partition coefficient (Wildman–Crippen LogP) is 2.48. The Balaban J connectivity index is 2.34. The number of hydrogen-bond donors (Lipinski definition) is 2. The summed E-state index contributed by atoms with van der Waals surface area (Å²) in [5.41, 5.74) is 0.927. The second kappa shape index (κ2) is 4.31. The van der Waals surface area contributed by atoms with Crippen molar-refractivity contribution < 1.29 is 5.11 Å². The number of aliphatic hydroxyl groups is 1. The molecule has 1 heterocycles. The highest BCUT2D eigenvalue weighted by Gasteiger charge is 2.07. The summed E-state index contributed by atoms with van der Waals surface area (Å²) in [7, 11) is 0. The van der Waals surface area contributed by atoms with Gasteiger partial charge in [-0.1, -0.05) is 13.8 Å². The second-order valence-electron chi connectivity index (χ2n) is 3.61. The molecule has 0 aliphatic heterocycles. The second-order valence-corrected chi connectivity index (χ2v) is 3.61. The molecule has 0 bridgehead atoms. The van der Waals surface area contributed by atoms with Crippen molar-refractivity contribution in [1.82, 2.24) is 4.98 Å². The predicted molar refractivity (Wildman–Crippen MR) is 49.8 cm³/mol. The number of nitrogens with one attached hydrogen (secondary N) is 1. The van der Waals surface area contributed by atoms with Crippen molar-refractivity contribution >= 4 is 0 Å². The Morgan fingerprint density at radius 3 is 2.67 bits per heavy atom. The molecule has 2 heteroatoms. The Kier molecular flexibility index (Phi) is 3.35. The quantitative estimate of drug-likeness (QED) is 0.710. The minimum atomic E-state index is -0.317. The van der Waals surface area contributed by atoms with Crippen molar-refractivity contribution in [2.75, 3.05) is 0 Å². The van der Waals surface area contributed by atoms with Gasteiger partial charge in [0.15, 0.2) is 0 Å². The van der Waals surface area contributed by atoms with Gasteiger partial charge in [0.2, 0.25) is 0 Å². The van der Waals surface area contributed by atoms with Crippen molar-refractivity contribution in [3.05, 3.63) is 24.0 Å². The molecule has 12 heavy (non-hydrogen) atoms. The van der Waals surface area contributed by atoms with E-state index in [0.29, 0.717) is 5.92 Å². The zero-order chi connectivity index (χ0) is 8.97. The third-order valence-electron chi connectivity index (χ3n) is 2.00. The summed E-state index contributed by atoms with van der Waals surface area (Å²) in [4.78, 5) is 3.01. The molecule has 1 rings (SSSR count). The lowest BCUT2D eigenvalue weighted by Crippen LogP contribution is -1.99. The van der Waals surface area contributed by atoms with Gasteiger partial charge in [-0.15, -0.1) is 0 Å². The van der Waals surface area contributed by atoms with Crippen LogP contribution >= 0.6 is 0 Å². The van der Waals surface area contributed by atoms with E-state index in [1.165, 1.54) is 0 Å². The molecule has 0 aliphatic rings. The topological polar surface area (TPSA) is 36.0 Å². The van der Waals surface area contributed by atoms with Gasteiger partial charge in [0, 0.05) is 11.9 Å². The molecule has 0 amide bonds. The molecular formula is C10H17NO. The molecule has 2 nitrogen and oxygen atoms in total. The lowest BCUT2D eigenvalue weighted by Gasteiger charge is -2.09. The van der Waals surface area contributed by atoms with E-state index < -0.39 is 0 Å². The van der Waals surface area contributed by atoms with Crippen LogP contribution in [0.5, 0.6) is 0 Å². The monoisotopic (exact) mass is 167 g/mol. The van der Waals surface area contributed by atoms with Crippen LogP contribution in [0.25, 0.3) is 0 Å². The largest absolute Gasteiger partial charge is 0.387 e. The summed E-state index contributed by atoms with van der Waals surface area (Å²) < 4.78 is 0. The highest BCUT2D eigenvalue weighted by molar-refractivity contribution is 5.06. The van der Waals surface area contributed by atoms with Gasteiger partial charge in [-0.05, 0) is 30.9 Å². The minimum Gasteiger partial charge on any atom is -0.387 e. The molecule has 0 saturated heterocycles. The third kappa shape index (κ3) is 2.70. The average molecular weight is 167 g/mol. The van der Waals surface area contributed by atoms with E-state index in [4.69, 9.17) is 0 Å². The molecular weight excluding hydrogens is 150 g/mol. The number of aromatic nitrogens is 1. The van der Waals surface area contributed by atoms with E-state index in [2.05, 4.69) is 18.8 Å². The standard InChI is InChI=1S/C10H17NO/c1-8(2)5-6-10(12)9-4-3-7-11-9/h3-4,7-8,10-12H,5-6H2,1-2H3. The highest BCUT2D eigenvalue weighted by atomic mass is 16.3. The van der Waals surface area contributed by atoms with E-state index in [-0.39, 0.29) is 6.10 Å². The molecule has 0 aromatic carbocycles. The van der Waals surface area contributed by atoms with Crippen LogP contribution in [0.1, 0.15) is 38.5 Å². The van der Waals surface area contributed by atoms with E-state index in [1.54, 1.807) is 0 Å². The maximum atomic E-state index is 9.63. The SMILES string of the molecule is CC(C)CCC(O)c1ccc[nH]1. The molecule has 0 aliphatic carbocycles. The highest BCUT2D eigenvalue weighted by Crippen LogP contribution is 2.18. The molecule has 1 atom stereocenters. The number of aliphatic hydroxyl groups excluding tert-OH is 1. The summed E-state index contributed by atoms with van der Waals surface area (Å²) in [6.07, 6.45) is 3.44. The molecule has 2 N–H and O–H groups in total. The summed E-state index contributed by atoms with van der Waals surface area (Å²) >= 11 is 0. The Morgan fingerprint density at radius 1 is 1.42 bits per heavy atom. The maximum absolute atomic E-state index is 9.63. The van der Waals surface area contributed by atoms with Crippen LogP contribution in [-0.4, -0.2) is 10.1 Å². The zero-order valence-electron chi connectivity index (χ0n) is 7.75. The first kappa shape index (κ1) is 9.33. The molecule has 1 aromatic heterocycles. The molecule has 0 spiro atoms. The molecule has 68 valence electrons. The number of aromatic amines is 1. The van der Waals surface area contributed by atoms with E-state index in [1.807, 2.05) is 18.3 Å². The van der Waals surface area contributed by atoms with Crippen molar-refractivity contribution in [2.45, 2.75) is 32.8 Å². The Hall–Kier alpha value is -0.760. The molecule has 1 unspecified atom stereocenters. The van der Waals surface area contributed by atoms with Crippen LogP contribution < -0.4 is 0 Å². The maximum Gasteiger partial charge on any atom is 0.0937 e. The third-order valence-corrected chi connectivity index (χ3v) is 2.00. The van der Waals surface area contributed by atoms with Crippen molar-refractivity contribution in [2.24, 2.45) is 5.92 Å². The molecule has 0 radical (unpaired) electrons. The van der Waals surface area contributed by atoms with Crippen LogP contribution in [0.3, 0.4) is 0 Å². The van der Waals surface area contributed by atoms with E-state index >= 15 is 0 Å². The van der Waals surface area contributed by atoms with Crippen molar-refractivity contribution in [1.29, 1.82) is 0 Å². The van der Waals surface area contributed by atoms with Gasteiger partial charge < -0.3 is 10.1 Å². The first-order valence-electron chi connectivity index (χ1n) is 4.51. The molecule has 1 aromatic rings. The van der Waals surface area contributed by atoms with Gasteiger partial charge in [-0.2, -0.15) is 0 Å². The fraction of sp³-hybridized carbons (Fsp3) is 0.600. The first-order valence-corrected chi connectivity index (χ1v) is 4.51. The molecule has 0 fully saturated rings. The van der Waals surface area contributed by atoms with E-state index in [0.717, 1.165) is 18.5 Å². The van der Waals surface area contributed by atoms with Gasteiger partial charge in [0.25, 0.3) is 0 Å². The fourth-order valence-electron chi connectivity index (χ4n) is 1.20. The van der Waals surface area contributed by atoms with Gasteiger partial charge in [0.1, 0.15) is 0 Å². The Bertz CT molecular complexity index is 204. The van der Waals surface area contributed by atoms with Crippen LogP contribution in [-0.2, 0) is 0 Å². The summed E-state index contributed by atoms with van der Waals surface area (Å²) in [5, 5.41) is 9.63. The minimum absolute atomic E-state index is 0.317. The first-order chi connectivity index (χ1) is 5.70. The van der Waals surface area contributed by atoms with Crippen LogP contribution in [0.4, 0.5) is 0 Å². The number of rotatable bonds is 4. The van der Waals surface area contributed by atoms with Crippen LogP contribution in [0, 0.1) is 5.92 Å². The van der Waals surface area contributed by atoms with E-state index in [9.17, 15) is 5.11 Å². The molecule has 0 saturated carbocycles. The summed E-state index contributed by atoms with van der Waals surface area (Å²) in [5.74, 6) is 0.662. The van der Waals surface area contributed by atoms with Gasteiger partial charge in [-0.3, -0.25) is 0 Å². The lowest BCUT2D eigenvalue weighted by atomic mass is 10.0. The van der Waals surface area contributed by atoms with Gasteiger partial charge in [0.05, 0.1) is 6.10 Å². The van der Waals surface area contributed by atoms with Crippen LogP contribution in [0.15, 0.2) is 18.3 Å².